The Morgan fingerprint density at radius 3 is 2.64 bits per heavy atom. The number of H-pyrrole nitrogens is 1. The molecule has 11 heteroatoms. The topological polar surface area (TPSA) is 109 Å². The molecule has 3 aliphatic rings. The van der Waals surface area contributed by atoms with Crippen molar-refractivity contribution in [2.24, 2.45) is 5.41 Å². The smallest absolute Gasteiger partial charge is 0.237 e. The van der Waals surface area contributed by atoms with Gasteiger partial charge in [-0.3, -0.25) is 29.5 Å². The van der Waals surface area contributed by atoms with Crippen molar-refractivity contribution in [2.75, 3.05) is 70.8 Å². The summed E-state index contributed by atoms with van der Waals surface area (Å²) in [6.45, 7) is 7.35. The van der Waals surface area contributed by atoms with Gasteiger partial charge in [0, 0.05) is 81.4 Å². The molecule has 10 nitrogen and oxygen atoms in total. The molecule has 0 aliphatic carbocycles. The van der Waals surface area contributed by atoms with Gasteiger partial charge >= 0.3 is 0 Å². The van der Waals surface area contributed by atoms with Crippen molar-refractivity contribution in [1.29, 1.82) is 0 Å². The first kappa shape index (κ1) is 28.8. The predicted molar refractivity (Wildman–Crippen MR) is 174 cm³/mol. The molecule has 0 bridgehead atoms. The number of piperazine rings is 1. The van der Waals surface area contributed by atoms with Crippen LogP contribution in [0.25, 0.3) is 27.7 Å². The standard InChI is InChI=1S/C33H38N8O2S/c42-30(41-13-5-24(6-14-41)26-7-18-44-21-26)20-40-15-8-33(23-40,22-39-16-11-35-12-17-39)32(43)36-27-1-2-29-28(19-27)31(38-37-29)25-3-9-34-10-4-25/h1-5,7,9-10,18-19,21,35H,6,8,11-17,20,22-23H2,(H,36,43)(H,37,38). The van der Waals surface area contributed by atoms with Gasteiger partial charge in [-0.1, -0.05) is 6.08 Å². The van der Waals surface area contributed by atoms with Gasteiger partial charge in [-0.2, -0.15) is 16.4 Å². The second-order valence-electron chi connectivity index (χ2n) is 12.1. The maximum absolute atomic E-state index is 14.2. The highest BCUT2D eigenvalue weighted by Crippen LogP contribution is 2.35. The zero-order valence-electron chi connectivity index (χ0n) is 24.8. The van der Waals surface area contributed by atoms with Gasteiger partial charge in [0.1, 0.15) is 5.69 Å². The number of nitrogens with one attached hydrogen (secondary N) is 3. The number of amides is 2. The van der Waals surface area contributed by atoms with E-state index >= 15 is 0 Å². The molecule has 1 unspecified atom stereocenters. The van der Waals surface area contributed by atoms with Crippen molar-refractivity contribution in [3.8, 4) is 11.3 Å². The van der Waals surface area contributed by atoms with Crippen LogP contribution in [0, 0.1) is 5.41 Å². The third-order valence-electron chi connectivity index (χ3n) is 9.24. The molecule has 0 radical (unpaired) electrons. The highest BCUT2D eigenvalue weighted by Gasteiger charge is 2.46. The Bertz CT molecular complexity index is 1650. The third-order valence-corrected chi connectivity index (χ3v) is 9.92. The molecule has 0 saturated carbocycles. The van der Waals surface area contributed by atoms with E-state index < -0.39 is 5.41 Å². The van der Waals surface area contributed by atoms with Crippen molar-refractivity contribution >= 4 is 45.3 Å². The van der Waals surface area contributed by atoms with Crippen molar-refractivity contribution in [2.45, 2.75) is 12.8 Å². The minimum Gasteiger partial charge on any atom is -0.338 e. The lowest BCUT2D eigenvalue weighted by molar-refractivity contribution is -0.132. The summed E-state index contributed by atoms with van der Waals surface area (Å²) in [7, 11) is 0. The Morgan fingerprint density at radius 1 is 1.00 bits per heavy atom. The van der Waals surface area contributed by atoms with E-state index in [0.29, 0.717) is 32.6 Å². The van der Waals surface area contributed by atoms with Crippen molar-refractivity contribution in [3.05, 3.63) is 71.2 Å². The van der Waals surface area contributed by atoms with Crippen LogP contribution in [-0.4, -0.2) is 107 Å². The summed E-state index contributed by atoms with van der Waals surface area (Å²) in [5.74, 6) is 0.152. The minimum atomic E-state index is -0.606. The van der Waals surface area contributed by atoms with E-state index in [4.69, 9.17) is 0 Å². The van der Waals surface area contributed by atoms with Crippen molar-refractivity contribution < 1.29 is 9.59 Å². The molecule has 3 N–H and O–H groups in total. The van der Waals surface area contributed by atoms with E-state index in [1.807, 2.05) is 35.2 Å². The molecule has 44 heavy (non-hydrogen) atoms. The fraction of sp³-hybridized carbons (Fsp3) is 0.394. The summed E-state index contributed by atoms with van der Waals surface area (Å²) in [6.07, 6.45) is 7.28. The average molecular weight is 611 g/mol. The van der Waals surface area contributed by atoms with E-state index in [9.17, 15) is 9.59 Å². The first-order chi connectivity index (χ1) is 21.6. The molecule has 1 atom stereocenters. The van der Waals surface area contributed by atoms with Crippen LogP contribution in [0.15, 0.2) is 65.6 Å². The Kier molecular flexibility index (Phi) is 8.26. The van der Waals surface area contributed by atoms with Crippen LogP contribution in [0.4, 0.5) is 5.69 Å². The monoisotopic (exact) mass is 610 g/mol. The van der Waals surface area contributed by atoms with Crippen LogP contribution in [-0.2, 0) is 9.59 Å². The number of fused-ring (bicyclic) bond motifs is 1. The molecule has 3 aliphatic heterocycles. The molecule has 2 saturated heterocycles. The lowest BCUT2D eigenvalue weighted by atomic mass is 9.84. The summed E-state index contributed by atoms with van der Waals surface area (Å²) in [4.78, 5) is 38.2. The van der Waals surface area contributed by atoms with E-state index in [1.165, 1.54) is 11.1 Å². The quantitative estimate of drug-likeness (QED) is 0.280. The summed E-state index contributed by atoms with van der Waals surface area (Å²) >= 11 is 1.70. The molecule has 228 valence electrons. The number of aromatic nitrogens is 3. The molecule has 6 heterocycles. The first-order valence-electron chi connectivity index (χ1n) is 15.4. The second kappa shape index (κ2) is 12.6. The Morgan fingerprint density at radius 2 is 1.86 bits per heavy atom. The van der Waals surface area contributed by atoms with Crippen LogP contribution in [0.5, 0.6) is 0 Å². The number of pyridine rings is 1. The number of likely N-dealkylation sites (tertiary alicyclic amines) is 1. The largest absolute Gasteiger partial charge is 0.338 e. The maximum atomic E-state index is 14.2. The Hall–Kier alpha value is -3.90. The zero-order valence-corrected chi connectivity index (χ0v) is 25.6. The third kappa shape index (κ3) is 6.05. The summed E-state index contributed by atoms with van der Waals surface area (Å²) in [6, 6.07) is 11.9. The van der Waals surface area contributed by atoms with E-state index in [-0.39, 0.29) is 11.8 Å². The van der Waals surface area contributed by atoms with Crippen LogP contribution in [0.1, 0.15) is 18.4 Å². The second-order valence-corrected chi connectivity index (χ2v) is 12.9. The van der Waals surface area contributed by atoms with Gasteiger partial charge < -0.3 is 15.5 Å². The number of hydrogen-bond acceptors (Lipinski definition) is 8. The van der Waals surface area contributed by atoms with Gasteiger partial charge in [0.2, 0.25) is 11.8 Å². The van der Waals surface area contributed by atoms with Crippen LogP contribution in [0.2, 0.25) is 0 Å². The molecule has 2 fully saturated rings. The zero-order chi connectivity index (χ0) is 29.9. The molecular formula is C33H38N8O2S. The Labute approximate surface area is 261 Å². The van der Waals surface area contributed by atoms with Gasteiger partial charge in [0.05, 0.1) is 17.5 Å². The summed E-state index contributed by atoms with van der Waals surface area (Å²) in [5, 5.41) is 19.5. The van der Waals surface area contributed by atoms with Crippen molar-refractivity contribution in [3.63, 3.8) is 0 Å². The van der Waals surface area contributed by atoms with Crippen molar-refractivity contribution in [1.82, 2.24) is 35.2 Å². The predicted octanol–water partition coefficient (Wildman–Crippen LogP) is 3.54. The number of thiophene rings is 1. The molecule has 1 aromatic carbocycles. The summed E-state index contributed by atoms with van der Waals surface area (Å²) in [5.41, 5.74) is 5.43. The lowest BCUT2D eigenvalue weighted by Gasteiger charge is -2.36. The van der Waals surface area contributed by atoms with Gasteiger partial charge in [-0.25, -0.2) is 0 Å². The number of carbonyl (C=O) groups is 2. The molecule has 0 spiro atoms. The SMILES string of the molecule is O=C(CN1CCC(CN2CCNCC2)(C(=O)Nc2ccc3[nH]nc(-c4ccncc4)c3c2)C1)N1CC=C(c2ccsc2)CC1. The van der Waals surface area contributed by atoms with E-state index in [2.05, 4.69) is 58.5 Å². The number of anilines is 1. The normalized spacial score (nSPS) is 21.5. The van der Waals surface area contributed by atoms with Gasteiger partial charge in [-0.05, 0) is 77.7 Å². The maximum Gasteiger partial charge on any atom is 0.237 e. The highest BCUT2D eigenvalue weighted by molar-refractivity contribution is 7.08. The van der Waals surface area contributed by atoms with E-state index in [1.54, 1.807) is 23.7 Å². The number of hydrogen-bond donors (Lipinski definition) is 3. The molecule has 7 rings (SSSR count). The lowest BCUT2D eigenvalue weighted by Crippen LogP contribution is -2.53. The minimum absolute atomic E-state index is 0.0144. The van der Waals surface area contributed by atoms with Gasteiger partial charge in [0.15, 0.2) is 0 Å². The fourth-order valence-corrected chi connectivity index (χ4v) is 7.44. The number of carbonyl (C=O) groups excluding carboxylic acids is 2. The number of rotatable bonds is 8. The number of aromatic amines is 1. The van der Waals surface area contributed by atoms with Gasteiger partial charge in [-0.15, -0.1) is 0 Å². The number of nitrogens with zero attached hydrogens (tertiary/aromatic N) is 5. The highest BCUT2D eigenvalue weighted by atomic mass is 32.1. The molecular weight excluding hydrogens is 572 g/mol. The van der Waals surface area contributed by atoms with E-state index in [0.717, 1.165) is 73.5 Å². The molecule has 4 aromatic rings. The average Bonchev–Trinajstić information content (AvgIpc) is 3.83. The molecule has 2 amide bonds. The van der Waals surface area contributed by atoms with Crippen LogP contribution in [0.3, 0.4) is 0 Å². The summed E-state index contributed by atoms with van der Waals surface area (Å²) < 4.78 is 0. The fourth-order valence-electron chi connectivity index (χ4n) is 6.76. The molecule has 3 aromatic heterocycles. The Balaban J connectivity index is 1.06. The van der Waals surface area contributed by atoms with Crippen LogP contribution >= 0.6 is 11.3 Å². The van der Waals surface area contributed by atoms with Gasteiger partial charge in [0.25, 0.3) is 0 Å². The van der Waals surface area contributed by atoms with Crippen LogP contribution < -0.4 is 10.6 Å². The number of benzene rings is 1. The first-order valence-corrected chi connectivity index (χ1v) is 16.4.